The predicted octanol–water partition coefficient (Wildman–Crippen LogP) is 3.83. The number of amides is 2. The summed E-state index contributed by atoms with van der Waals surface area (Å²) < 4.78 is 7.63. The van der Waals surface area contributed by atoms with E-state index in [1.54, 1.807) is 36.4 Å². The number of anilines is 1. The Hall–Kier alpha value is -3.30. The summed E-state index contributed by atoms with van der Waals surface area (Å²) in [5.41, 5.74) is 6.99. The van der Waals surface area contributed by atoms with Crippen molar-refractivity contribution in [3.05, 3.63) is 77.1 Å². The SMILES string of the molecule is C=CCn1c(COc2cc(C)ccc2Cl)nnc1SCC(=O)Nc1ccccc1C(N)=O. The van der Waals surface area contributed by atoms with Crippen molar-refractivity contribution in [2.75, 3.05) is 11.1 Å². The van der Waals surface area contributed by atoms with E-state index < -0.39 is 5.91 Å². The van der Waals surface area contributed by atoms with Crippen molar-refractivity contribution in [2.45, 2.75) is 25.2 Å². The Kier molecular flexibility index (Phi) is 7.91. The van der Waals surface area contributed by atoms with Crippen LogP contribution in [-0.2, 0) is 17.9 Å². The number of primary amides is 1. The van der Waals surface area contributed by atoms with Crippen molar-refractivity contribution in [1.82, 2.24) is 14.8 Å². The second kappa shape index (κ2) is 10.8. The number of benzene rings is 2. The Bertz CT molecular complexity index is 1150. The molecule has 0 saturated carbocycles. The fraction of sp³-hybridized carbons (Fsp3) is 0.182. The third-order valence-corrected chi connectivity index (χ3v) is 5.63. The van der Waals surface area contributed by atoms with Gasteiger partial charge in [-0.1, -0.05) is 47.6 Å². The molecule has 1 aromatic heterocycles. The van der Waals surface area contributed by atoms with E-state index in [0.717, 1.165) is 5.56 Å². The molecule has 0 unspecified atom stereocenters. The molecule has 0 spiro atoms. The van der Waals surface area contributed by atoms with Crippen LogP contribution < -0.4 is 15.8 Å². The number of aromatic nitrogens is 3. The minimum atomic E-state index is -0.613. The summed E-state index contributed by atoms with van der Waals surface area (Å²) in [5, 5.41) is 12.1. The quantitative estimate of drug-likeness (QED) is 0.343. The highest BCUT2D eigenvalue weighted by Gasteiger charge is 2.16. The lowest BCUT2D eigenvalue weighted by atomic mass is 10.1. The first kappa shape index (κ1) is 23.4. The van der Waals surface area contributed by atoms with Crippen LogP contribution >= 0.6 is 23.4 Å². The van der Waals surface area contributed by atoms with Gasteiger partial charge >= 0.3 is 0 Å². The lowest BCUT2D eigenvalue weighted by Crippen LogP contribution is -2.19. The van der Waals surface area contributed by atoms with Crippen molar-refractivity contribution in [3.8, 4) is 5.75 Å². The lowest BCUT2D eigenvalue weighted by molar-refractivity contribution is -0.113. The Morgan fingerprint density at radius 1 is 1.28 bits per heavy atom. The molecule has 2 aromatic carbocycles. The number of nitrogens with zero attached hydrogens (tertiary/aromatic N) is 3. The highest BCUT2D eigenvalue weighted by atomic mass is 35.5. The lowest BCUT2D eigenvalue weighted by Gasteiger charge is -2.11. The molecule has 0 aliphatic rings. The average molecular weight is 472 g/mol. The van der Waals surface area contributed by atoms with E-state index in [-0.39, 0.29) is 23.8 Å². The number of ether oxygens (including phenoxy) is 1. The van der Waals surface area contributed by atoms with Crippen molar-refractivity contribution < 1.29 is 14.3 Å². The molecule has 0 radical (unpaired) electrons. The van der Waals surface area contributed by atoms with Crippen LogP contribution in [0.4, 0.5) is 5.69 Å². The summed E-state index contributed by atoms with van der Waals surface area (Å²) in [7, 11) is 0. The fourth-order valence-electron chi connectivity index (χ4n) is 2.83. The number of carbonyl (C=O) groups excluding carboxylic acids is 2. The summed E-state index contributed by atoms with van der Waals surface area (Å²) in [6.07, 6.45) is 1.71. The largest absolute Gasteiger partial charge is 0.484 e. The van der Waals surface area contributed by atoms with Gasteiger partial charge in [-0.05, 0) is 36.8 Å². The maximum atomic E-state index is 12.4. The third-order valence-electron chi connectivity index (χ3n) is 4.35. The van der Waals surface area contributed by atoms with E-state index in [9.17, 15) is 9.59 Å². The zero-order valence-corrected chi connectivity index (χ0v) is 18.9. The number of halogens is 1. The topological polar surface area (TPSA) is 112 Å². The van der Waals surface area contributed by atoms with Crippen molar-refractivity contribution in [2.24, 2.45) is 5.73 Å². The highest BCUT2D eigenvalue weighted by Crippen LogP contribution is 2.26. The standard InChI is InChI=1S/C22H22ClN5O3S/c1-3-10-28-19(12-31-18-11-14(2)8-9-16(18)23)26-27-22(28)32-13-20(29)25-17-7-5-4-6-15(17)21(24)30/h3-9,11H,1,10,12-13H2,2H3,(H2,24,30)(H,25,29). The van der Waals surface area contributed by atoms with Gasteiger partial charge in [-0.25, -0.2) is 0 Å². The molecule has 0 aliphatic heterocycles. The number of nitrogens with one attached hydrogen (secondary N) is 1. The van der Waals surface area contributed by atoms with Crippen LogP contribution in [0.5, 0.6) is 5.75 Å². The van der Waals surface area contributed by atoms with E-state index in [1.165, 1.54) is 11.8 Å². The first-order chi connectivity index (χ1) is 15.4. The molecular formula is C22H22ClN5O3S. The van der Waals surface area contributed by atoms with E-state index in [2.05, 4.69) is 22.1 Å². The summed E-state index contributed by atoms with van der Waals surface area (Å²) >= 11 is 7.40. The fourth-order valence-corrected chi connectivity index (χ4v) is 3.77. The molecule has 0 fully saturated rings. The molecule has 3 N–H and O–H groups in total. The van der Waals surface area contributed by atoms with Gasteiger partial charge in [0.15, 0.2) is 11.0 Å². The molecule has 32 heavy (non-hydrogen) atoms. The van der Waals surface area contributed by atoms with Crippen molar-refractivity contribution >= 4 is 40.9 Å². The smallest absolute Gasteiger partial charge is 0.250 e. The number of para-hydroxylation sites is 1. The molecular weight excluding hydrogens is 450 g/mol. The van der Waals surface area contributed by atoms with E-state index in [1.807, 2.05) is 23.6 Å². The Labute approximate surface area is 194 Å². The van der Waals surface area contributed by atoms with Crippen LogP contribution in [0.2, 0.25) is 5.02 Å². The monoisotopic (exact) mass is 471 g/mol. The van der Waals surface area contributed by atoms with Gasteiger partial charge in [0.2, 0.25) is 5.91 Å². The normalized spacial score (nSPS) is 10.6. The molecule has 0 aliphatic carbocycles. The molecule has 0 bridgehead atoms. The minimum absolute atomic E-state index is 0.0624. The molecule has 2 amide bonds. The van der Waals surface area contributed by atoms with Crippen LogP contribution in [0.25, 0.3) is 0 Å². The first-order valence-electron chi connectivity index (χ1n) is 9.62. The summed E-state index contributed by atoms with van der Waals surface area (Å²) in [6.45, 7) is 6.32. The van der Waals surface area contributed by atoms with Crippen LogP contribution in [0.15, 0.2) is 60.3 Å². The van der Waals surface area contributed by atoms with Crippen LogP contribution in [0.3, 0.4) is 0 Å². The number of hydrogen-bond acceptors (Lipinski definition) is 6. The number of carbonyl (C=O) groups is 2. The Balaban J connectivity index is 1.66. The van der Waals surface area contributed by atoms with Gasteiger partial charge in [0.05, 0.1) is 22.0 Å². The molecule has 3 aromatic rings. The number of thioether (sulfide) groups is 1. The van der Waals surface area contributed by atoms with Crippen LogP contribution in [0, 0.1) is 6.92 Å². The van der Waals surface area contributed by atoms with Gasteiger partial charge < -0.3 is 15.8 Å². The summed E-state index contributed by atoms with van der Waals surface area (Å²) in [5.74, 6) is 0.275. The summed E-state index contributed by atoms with van der Waals surface area (Å²) in [6, 6.07) is 12.1. The number of aryl methyl sites for hydroxylation is 1. The first-order valence-corrected chi connectivity index (χ1v) is 11.0. The highest BCUT2D eigenvalue weighted by molar-refractivity contribution is 7.99. The summed E-state index contributed by atoms with van der Waals surface area (Å²) in [4.78, 5) is 23.9. The van der Waals surface area contributed by atoms with Crippen molar-refractivity contribution in [3.63, 3.8) is 0 Å². The van der Waals surface area contributed by atoms with Crippen LogP contribution in [0.1, 0.15) is 21.7 Å². The second-order valence-corrected chi connectivity index (χ2v) is 8.12. The third kappa shape index (κ3) is 5.89. The number of nitrogens with two attached hydrogens (primary N) is 1. The minimum Gasteiger partial charge on any atom is -0.484 e. The second-order valence-electron chi connectivity index (χ2n) is 6.77. The molecule has 166 valence electrons. The van der Waals surface area contributed by atoms with Crippen LogP contribution in [-0.4, -0.2) is 32.3 Å². The van der Waals surface area contributed by atoms with Gasteiger partial charge in [0, 0.05) is 6.54 Å². The number of rotatable bonds is 10. The van der Waals surface area contributed by atoms with E-state index in [0.29, 0.717) is 34.0 Å². The zero-order chi connectivity index (χ0) is 23.1. The zero-order valence-electron chi connectivity index (χ0n) is 17.4. The van der Waals surface area contributed by atoms with Gasteiger partial charge in [0.25, 0.3) is 5.91 Å². The maximum absolute atomic E-state index is 12.4. The molecule has 3 rings (SSSR count). The number of hydrogen-bond donors (Lipinski definition) is 2. The van der Waals surface area contributed by atoms with Gasteiger partial charge in [-0.3, -0.25) is 14.2 Å². The maximum Gasteiger partial charge on any atom is 0.250 e. The number of allylic oxidation sites excluding steroid dienone is 1. The average Bonchev–Trinajstić information content (AvgIpc) is 3.15. The molecule has 0 saturated heterocycles. The molecule has 10 heteroatoms. The van der Waals surface area contributed by atoms with E-state index in [4.69, 9.17) is 22.1 Å². The molecule has 1 heterocycles. The molecule has 0 atom stereocenters. The van der Waals surface area contributed by atoms with Crippen molar-refractivity contribution in [1.29, 1.82) is 0 Å². The van der Waals surface area contributed by atoms with Gasteiger partial charge in [-0.15, -0.1) is 16.8 Å². The Morgan fingerprint density at radius 2 is 2.06 bits per heavy atom. The van der Waals surface area contributed by atoms with Gasteiger partial charge in [-0.2, -0.15) is 0 Å². The van der Waals surface area contributed by atoms with Gasteiger partial charge in [0.1, 0.15) is 12.4 Å². The molecule has 8 nitrogen and oxygen atoms in total. The Morgan fingerprint density at radius 3 is 2.81 bits per heavy atom. The van der Waals surface area contributed by atoms with E-state index >= 15 is 0 Å². The predicted molar refractivity (Wildman–Crippen MR) is 125 cm³/mol.